The van der Waals surface area contributed by atoms with E-state index in [1.807, 2.05) is 12.1 Å². The molecule has 2 rings (SSSR count). The van der Waals surface area contributed by atoms with E-state index in [0.29, 0.717) is 5.56 Å². The molecule has 0 aliphatic rings. The van der Waals surface area contributed by atoms with Crippen molar-refractivity contribution in [2.45, 2.75) is 19.8 Å². The Morgan fingerprint density at radius 3 is 2.41 bits per heavy atom. The highest BCUT2D eigenvalue weighted by Gasteiger charge is 2.07. The zero-order valence-corrected chi connectivity index (χ0v) is 13.6. The number of hydrogen-bond donors (Lipinski definition) is 0. The third kappa shape index (κ3) is 4.26. The number of isothiocyanates is 1. The van der Waals surface area contributed by atoms with Crippen molar-refractivity contribution in [3.8, 4) is 11.8 Å². The summed E-state index contributed by atoms with van der Waals surface area (Å²) >= 11 is 10.4. The summed E-state index contributed by atoms with van der Waals surface area (Å²) in [7, 11) is 0. The Hall–Kier alpha value is -1.98. The number of aliphatic imine (C=N–C) groups is 1. The van der Waals surface area contributed by atoms with E-state index >= 15 is 0 Å². The lowest BCUT2D eigenvalue weighted by Crippen LogP contribution is -1.84. The Morgan fingerprint density at radius 1 is 1.14 bits per heavy atom. The van der Waals surface area contributed by atoms with Crippen molar-refractivity contribution < 1.29 is 4.39 Å². The van der Waals surface area contributed by atoms with E-state index in [-0.39, 0.29) is 10.7 Å². The summed E-state index contributed by atoms with van der Waals surface area (Å²) in [6.07, 6.45) is 2.16. The van der Waals surface area contributed by atoms with Crippen LogP contribution in [0.1, 0.15) is 30.0 Å². The Kier molecular flexibility index (Phi) is 5.86. The molecule has 4 heteroatoms. The quantitative estimate of drug-likeness (QED) is 0.407. The van der Waals surface area contributed by atoms with E-state index in [9.17, 15) is 4.39 Å². The lowest BCUT2D eigenvalue weighted by atomic mass is 10.1. The number of halogens is 2. The van der Waals surface area contributed by atoms with Crippen LogP contribution in [0.2, 0.25) is 5.02 Å². The second-order valence-electron chi connectivity index (χ2n) is 4.69. The molecule has 110 valence electrons. The third-order valence-corrected chi connectivity index (χ3v) is 3.40. The summed E-state index contributed by atoms with van der Waals surface area (Å²) < 4.78 is 13.8. The molecule has 1 nitrogen and oxygen atoms in total. The van der Waals surface area contributed by atoms with Gasteiger partial charge >= 0.3 is 0 Å². The van der Waals surface area contributed by atoms with Crippen LogP contribution in [-0.4, -0.2) is 5.16 Å². The maximum atomic E-state index is 13.8. The van der Waals surface area contributed by atoms with Gasteiger partial charge in [-0.1, -0.05) is 48.9 Å². The standard InChI is InChI=1S/C18H13ClFNS/c1-2-3-13-4-6-14(7-5-13)8-9-15-10-16(19)18(21-12-22)17(20)11-15/h4-7,10-11H,2-3H2,1H3. The van der Waals surface area contributed by atoms with E-state index in [1.54, 1.807) is 6.07 Å². The van der Waals surface area contributed by atoms with Crippen LogP contribution in [0.4, 0.5) is 10.1 Å². The minimum Gasteiger partial charge on any atom is -0.204 e. The van der Waals surface area contributed by atoms with Gasteiger partial charge in [-0.15, -0.1) is 0 Å². The summed E-state index contributed by atoms with van der Waals surface area (Å²) in [4.78, 5) is 3.60. The fourth-order valence-electron chi connectivity index (χ4n) is 1.98. The molecule has 0 N–H and O–H groups in total. The summed E-state index contributed by atoms with van der Waals surface area (Å²) in [6, 6.07) is 10.9. The molecule has 0 aromatic heterocycles. The van der Waals surface area contributed by atoms with Crippen molar-refractivity contribution in [2.75, 3.05) is 0 Å². The Morgan fingerprint density at radius 2 is 1.82 bits per heavy atom. The van der Waals surface area contributed by atoms with Crippen LogP contribution in [0.25, 0.3) is 0 Å². The van der Waals surface area contributed by atoms with Gasteiger partial charge in [0.2, 0.25) is 0 Å². The minimum absolute atomic E-state index is 0.00821. The van der Waals surface area contributed by atoms with Crippen LogP contribution >= 0.6 is 23.8 Å². The molecule has 0 aliphatic carbocycles. The Labute approximate surface area is 139 Å². The summed E-state index contributed by atoms with van der Waals surface area (Å²) in [5.41, 5.74) is 2.64. The fourth-order valence-corrected chi connectivity index (χ4v) is 2.32. The number of nitrogens with zero attached hydrogens (tertiary/aromatic N) is 1. The van der Waals surface area contributed by atoms with Crippen LogP contribution < -0.4 is 0 Å². The van der Waals surface area contributed by atoms with Gasteiger partial charge in [-0.05, 0) is 48.5 Å². The highest BCUT2D eigenvalue weighted by Crippen LogP contribution is 2.28. The number of rotatable bonds is 3. The molecule has 0 heterocycles. The van der Waals surface area contributed by atoms with Crippen molar-refractivity contribution in [1.29, 1.82) is 0 Å². The molecule has 0 saturated heterocycles. The van der Waals surface area contributed by atoms with Crippen LogP contribution in [0.3, 0.4) is 0 Å². The monoisotopic (exact) mass is 329 g/mol. The van der Waals surface area contributed by atoms with Gasteiger partial charge in [0.1, 0.15) is 5.69 Å². The first-order chi connectivity index (χ1) is 10.6. The first-order valence-electron chi connectivity index (χ1n) is 6.82. The van der Waals surface area contributed by atoms with Crippen molar-refractivity contribution in [2.24, 2.45) is 4.99 Å². The SMILES string of the molecule is CCCc1ccc(C#Cc2cc(F)c(N=C=S)c(Cl)c2)cc1. The van der Waals surface area contributed by atoms with Crippen molar-refractivity contribution >= 4 is 34.7 Å². The van der Waals surface area contributed by atoms with Crippen molar-refractivity contribution in [3.63, 3.8) is 0 Å². The van der Waals surface area contributed by atoms with E-state index in [4.69, 9.17) is 11.6 Å². The smallest absolute Gasteiger partial charge is 0.152 e. The first kappa shape index (κ1) is 16.4. The van der Waals surface area contributed by atoms with Crippen LogP contribution in [0.5, 0.6) is 0 Å². The lowest BCUT2D eigenvalue weighted by Gasteiger charge is -2.00. The number of benzene rings is 2. The Bertz CT molecular complexity index is 758. The third-order valence-electron chi connectivity index (χ3n) is 3.02. The van der Waals surface area contributed by atoms with Gasteiger partial charge in [0.15, 0.2) is 5.82 Å². The van der Waals surface area contributed by atoms with Crippen molar-refractivity contribution in [3.05, 3.63) is 63.9 Å². The molecule has 0 aliphatic heterocycles. The highest BCUT2D eigenvalue weighted by atomic mass is 35.5. The molecule has 0 saturated carbocycles. The predicted molar refractivity (Wildman–Crippen MR) is 92.5 cm³/mol. The predicted octanol–water partition coefficient (Wildman–Crippen LogP) is 5.57. The lowest BCUT2D eigenvalue weighted by molar-refractivity contribution is 0.630. The topological polar surface area (TPSA) is 12.4 Å². The second kappa shape index (κ2) is 7.87. The highest BCUT2D eigenvalue weighted by molar-refractivity contribution is 7.78. The molecule has 0 atom stereocenters. The molecular formula is C18H13ClFNS. The maximum absolute atomic E-state index is 13.8. The molecule has 0 bridgehead atoms. The first-order valence-corrected chi connectivity index (χ1v) is 7.60. The van der Waals surface area contributed by atoms with E-state index in [2.05, 4.69) is 53.3 Å². The normalized spacial score (nSPS) is 9.59. The van der Waals surface area contributed by atoms with Gasteiger partial charge in [-0.2, -0.15) is 4.99 Å². The number of thiocarbonyl (C=S) groups is 1. The van der Waals surface area contributed by atoms with Gasteiger partial charge in [0.05, 0.1) is 10.2 Å². The largest absolute Gasteiger partial charge is 0.204 e. The zero-order chi connectivity index (χ0) is 15.9. The van der Waals surface area contributed by atoms with Gasteiger partial charge in [0, 0.05) is 11.1 Å². The Balaban J connectivity index is 2.26. The average Bonchev–Trinajstić information content (AvgIpc) is 2.50. The van der Waals surface area contributed by atoms with Crippen LogP contribution in [0, 0.1) is 17.7 Å². The van der Waals surface area contributed by atoms with Crippen LogP contribution in [-0.2, 0) is 6.42 Å². The molecule has 0 radical (unpaired) electrons. The van der Waals surface area contributed by atoms with Gasteiger partial charge < -0.3 is 0 Å². The van der Waals surface area contributed by atoms with E-state index < -0.39 is 5.82 Å². The van der Waals surface area contributed by atoms with E-state index in [1.165, 1.54) is 11.6 Å². The summed E-state index contributed by atoms with van der Waals surface area (Å²) in [5.74, 6) is 5.33. The number of aryl methyl sites for hydroxylation is 1. The van der Waals surface area contributed by atoms with Gasteiger partial charge in [-0.25, -0.2) is 4.39 Å². The second-order valence-corrected chi connectivity index (χ2v) is 5.28. The molecule has 0 amide bonds. The number of hydrogen-bond acceptors (Lipinski definition) is 2. The van der Waals surface area contributed by atoms with Crippen molar-refractivity contribution in [1.82, 2.24) is 0 Å². The maximum Gasteiger partial charge on any atom is 0.152 e. The molecule has 2 aromatic rings. The molecule has 0 spiro atoms. The molecule has 0 fully saturated rings. The zero-order valence-electron chi connectivity index (χ0n) is 12.0. The van der Waals surface area contributed by atoms with Crippen LogP contribution in [0.15, 0.2) is 41.4 Å². The fraction of sp³-hybridized carbons (Fsp3) is 0.167. The van der Waals surface area contributed by atoms with Gasteiger partial charge in [-0.3, -0.25) is 0 Å². The summed E-state index contributed by atoms with van der Waals surface area (Å²) in [5, 5.41) is 2.27. The summed E-state index contributed by atoms with van der Waals surface area (Å²) in [6.45, 7) is 2.14. The molecule has 2 aromatic carbocycles. The van der Waals surface area contributed by atoms with E-state index in [0.717, 1.165) is 18.4 Å². The van der Waals surface area contributed by atoms with Gasteiger partial charge in [0.25, 0.3) is 0 Å². The molecule has 22 heavy (non-hydrogen) atoms. The molecular weight excluding hydrogens is 317 g/mol. The molecule has 0 unspecified atom stereocenters. The average molecular weight is 330 g/mol. The minimum atomic E-state index is -0.563.